The van der Waals surface area contributed by atoms with Crippen LogP contribution in [0.15, 0.2) is 41.2 Å². The van der Waals surface area contributed by atoms with Crippen LogP contribution in [0.25, 0.3) is 10.9 Å². The zero-order valence-electron chi connectivity index (χ0n) is 20.6. The summed E-state index contributed by atoms with van der Waals surface area (Å²) in [5.41, 5.74) is 5.74. The number of ether oxygens (including phenoxy) is 3. The van der Waals surface area contributed by atoms with E-state index in [0.717, 1.165) is 5.56 Å². The third kappa shape index (κ3) is 3.55. The molecule has 0 aliphatic carbocycles. The summed E-state index contributed by atoms with van der Waals surface area (Å²) in [6.45, 7) is 3.85. The maximum absolute atomic E-state index is 13.6. The fourth-order valence-corrected chi connectivity index (χ4v) is 5.50. The lowest BCUT2D eigenvalue weighted by molar-refractivity contribution is -0.175. The Morgan fingerprint density at radius 2 is 1.86 bits per heavy atom. The number of methoxy groups -OCH3 is 2. The Bertz CT molecular complexity index is 1450. The number of benzene rings is 2. The second-order valence-electron chi connectivity index (χ2n) is 9.34. The summed E-state index contributed by atoms with van der Waals surface area (Å²) in [6.07, 6.45) is 0.421. The zero-order chi connectivity index (χ0) is 25.8. The maximum atomic E-state index is 13.6. The van der Waals surface area contributed by atoms with Crippen molar-refractivity contribution in [2.75, 3.05) is 20.8 Å². The molecule has 2 aromatic carbocycles. The number of carbonyl (C=O) groups is 2. The van der Waals surface area contributed by atoms with E-state index < -0.39 is 23.5 Å². The molecule has 1 saturated heterocycles. The number of fused-ring (bicyclic) bond motifs is 5. The molecule has 1 fully saturated rings. The summed E-state index contributed by atoms with van der Waals surface area (Å²) in [7, 11) is 3.01. The van der Waals surface area contributed by atoms with Gasteiger partial charge in [-0.2, -0.15) is 0 Å². The number of aromatic nitrogens is 2. The quantitative estimate of drug-likeness (QED) is 0.521. The van der Waals surface area contributed by atoms with E-state index in [0.29, 0.717) is 40.4 Å². The number of hydrogen-bond acceptors (Lipinski definition) is 7. The minimum atomic E-state index is -1.01. The number of carbonyl (C=O) groups excluding carboxylic acids is 2. The Kier molecular flexibility index (Phi) is 5.61. The van der Waals surface area contributed by atoms with Gasteiger partial charge < -0.3 is 24.8 Å². The van der Waals surface area contributed by atoms with Gasteiger partial charge in [0, 0.05) is 31.5 Å². The first kappa shape index (κ1) is 23.7. The van der Waals surface area contributed by atoms with Crippen LogP contribution in [0.2, 0.25) is 0 Å². The molecule has 0 radical (unpaired) electrons. The van der Waals surface area contributed by atoms with Crippen molar-refractivity contribution in [2.45, 2.75) is 38.5 Å². The molecule has 10 nitrogen and oxygen atoms in total. The minimum absolute atomic E-state index is 0.134. The normalized spacial score (nSPS) is 22.7. The van der Waals surface area contributed by atoms with E-state index >= 15 is 0 Å². The first-order chi connectivity index (χ1) is 17.2. The third-order valence-electron chi connectivity index (χ3n) is 7.26. The fourth-order valence-electron chi connectivity index (χ4n) is 5.50. The standard InChI is InChI=1S/C26H28N4O6/c1-14-28-18-12-21(35-4)20(34-3)11-16(18)24(32)29(14)9-10-30-25(33)22(23(27)31)17-13-26(30,2)36-19-8-6-5-7-15(17)19/h5-8,11-12,17,22H,9-10,13H2,1-4H3,(H2,27,31). The number of para-hydroxylation sites is 1. The van der Waals surface area contributed by atoms with Crippen molar-refractivity contribution in [1.29, 1.82) is 0 Å². The van der Waals surface area contributed by atoms with E-state index in [1.54, 1.807) is 19.1 Å². The van der Waals surface area contributed by atoms with Crippen molar-refractivity contribution in [2.24, 2.45) is 11.7 Å². The molecule has 36 heavy (non-hydrogen) atoms. The highest BCUT2D eigenvalue weighted by Gasteiger charge is 2.55. The molecule has 0 spiro atoms. The molecule has 2 N–H and O–H groups in total. The molecule has 3 heterocycles. The first-order valence-corrected chi connectivity index (χ1v) is 11.7. The topological polar surface area (TPSA) is 126 Å². The van der Waals surface area contributed by atoms with Gasteiger partial charge in [-0.1, -0.05) is 18.2 Å². The van der Waals surface area contributed by atoms with Crippen LogP contribution >= 0.6 is 0 Å². The molecule has 1 aromatic heterocycles. The summed E-state index contributed by atoms with van der Waals surface area (Å²) < 4.78 is 18.5. The summed E-state index contributed by atoms with van der Waals surface area (Å²) in [5, 5.41) is 0.368. The van der Waals surface area contributed by atoms with Crippen molar-refractivity contribution < 1.29 is 23.8 Å². The summed E-state index contributed by atoms with van der Waals surface area (Å²) in [4.78, 5) is 45.5. The van der Waals surface area contributed by atoms with E-state index in [-0.39, 0.29) is 24.6 Å². The monoisotopic (exact) mass is 492 g/mol. The van der Waals surface area contributed by atoms with Gasteiger partial charge in [-0.25, -0.2) is 4.98 Å². The Labute approximate surface area is 207 Å². The molecule has 3 atom stereocenters. The molecule has 2 aliphatic rings. The van der Waals surface area contributed by atoms with Gasteiger partial charge in [0.1, 0.15) is 17.5 Å². The lowest BCUT2D eigenvalue weighted by Gasteiger charge is -2.52. The van der Waals surface area contributed by atoms with Crippen molar-refractivity contribution in [3.05, 3.63) is 58.1 Å². The van der Waals surface area contributed by atoms with Crippen LogP contribution in [-0.2, 0) is 16.1 Å². The molecule has 2 aliphatic heterocycles. The van der Waals surface area contributed by atoms with Gasteiger partial charge in [-0.3, -0.25) is 19.0 Å². The van der Waals surface area contributed by atoms with Gasteiger partial charge in [0.25, 0.3) is 5.56 Å². The van der Waals surface area contributed by atoms with Crippen LogP contribution in [0, 0.1) is 12.8 Å². The summed E-state index contributed by atoms with van der Waals surface area (Å²) in [6, 6.07) is 10.7. The zero-order valence-corrected chi connectivity index (χ0v) is 20.6. The fraction of sp³-hybridized carbons (Fsp3) is 0.385. The van der Waals surface area contributed by atoms with Crippen molar-refractivity contribution in [3.63, 3.8) is 0 Å². The molecular formula is C26H28N4O6. The minimum Gasteiger partial charge on any atom is -0.493 e. The molecule has 10 heteroatoms. The van der Waals surface area contributed by atoms with Gasteiger partial charge in [-0.15, -0.1) is 0 Å². The second-order valence-corrected chi connectivity index (χ2v) is 9.34. The molecule has 2 amide bonds. The average Bonchev–Trinajstić information content (AvgIpc) is 2.84. The highest BCUT2D eigenvalue weighted by atomic mass is 16.5. The van der Waals surface area contributed by atoms with Crippen molar-refractivity contribution in [1.82, 2.24) is 14.5 Å². The van der Waals surface area contributed by atoms with Gasteiger partial charge in [-0.05, 0) is 31.5 Å². The Morgan fingerprint density at radius 3 is 2.56 bits per heavy atom. The molecule has 3 unspecified atom stereocenters. The van der Waals surface area contributed by atoms with Crippen LogP contribution in [0.5, 0.6) is 17.2 Å². The predicted octanol–water partition coefficient (Wildman–Crippen LogP) is 1.95. The summed E-state index contributed by atoms with van der Waals surface area (Å²) >= 11 is 0. The molecule has 0 saturated carbocycles. The highest BCUT2D eigenvalue weighted by Crippen LogP contribution is 2.49. The number of amides is 2. The predicted molar refractivity (Wildman–Crippen MR) is 131 cm³/mol. The lowest BCUT2D eigenvalue weighted by atomic mass is 9.73. The van der Waals surface area contributed by atoms with E-state index in [9.17, 15) is 14.4 Å². The third-order valence-corrected chi connectivity index (χ3v) is 7.26. The highest BCUT2D eigenvalue weighted by molar-refractivity contribution is 6.01. The summed E-state index contributed by atoms with van der Waals surface area (Å²) in [5.74, 6) is -0.444. The van der Waals surface area contributed by atoms with E-state index in [1.165, 1.54) is 23.7 Å². The van der Waals surface area contributed by atoms with Crippen LogP contribution < -0.4 is 25.5 Å². The lowest BCUT2D eigenvalue weighted by Crippen LogP contribution is -2.65. The van der Waals surface area contributed by atoms with Crippen molar-refractivity contribution >= 4 is 22.7 Å². The van der Waals surface area contributed by atoms with Crippen LogP contribution in [-0.4, -0.2) is 52.8 Å². The van der Waals surface area contributed by atoms with Crippen molar-refractivity contribution in [3.8, 4) is 17.2 Å². The van der Waals surface area contributed by atoms with Crippen LogP contribution in [0.3, 0.4) is 0 Å². The Morgan fingerprint density at radius 1 is 1.17 bits per heavy atom. The number of rotatable bonds is 6. The van der Waals surface area contributed by atoms with Gasteiger partial charge in [0.15, 0.2) is 17.2 Å². The number of likely N-dealkylation sites (tertiary alicyclic amines) is 1. The van der Waals surface area contributed by atoms with E-state index in [1.807, 2.05) is 31.2 Å². The number of hydrogen-bond donors (Lipinski definition) is 1. The Hall–Kier alpha value is -4.08. The number of primary amides is 1. The number of piperidine rings is 1. The van der Waals surface area contributed by atoms with Gasteiger partial charge in [0.2, 0.25) is 11.8 Å². The molecule has 2 bridgehead atoms. The number of nitrogens with two attached hydrogens (primary N) is 1. The van der Waals surface area contributed by atoms with E-state index in [4.69, 9.17) is 19.9 Å². The molecular weight excluding hydrogens is 464 g/mol. The second kappa shape index (κ2) is 8.54. The SMILES string of the molecule is COc1cc2nc(C)n(CCN3C(=O)C(C(N)=O)C4CC3(C)Oc3ccccc34)c(=O)c2cc1OC. The smallest absolute Gasteiger partial charge is 0.261 e. The van der Waals surface area contributed by atoms with Crippen LogP contribution in [0.4, 0.5) is 0 Å². The first-order valence-electron chi connectivity index (χ1n) is 11.7. The van der Waals surface area contributed by atoms with E-state index in [2.05, 4.69) is 4.98 Å². The van der Waals surface area contributed by atoms with Gasteiger partial charge >= 0.3 is 0 Å². The largest absolute Gasteiger partial charge is 0.493 e. The van der Waals surface area contributed by atoms with Gasteiger partial charge in [0.05, 0.1) is 25.1 Å². The Balaban J connectivity index is 1.52. The molecule has 188 valence electrons. The average molecular weight is 493 g/mol. The maximum Gasteiger partial charge on any atom is 0.261 e. The number of nitrogens with zero attached hydrogens (tertiary/aromatic N) is 3. The molecule has 5 rings (SSSR count). The number of aryl methyl sites for hydroxylation is 1. The molecule has 3 aromatic rings. The van der Waals surface area contributed by atoms with Crippen LogP contribution in [0.1, 0.15) is 30.7 Å².